The smallest absolute Gasteiger partial charge is 0.272 e. The number of hydrogen-bond acceptors (Lipinski definition) is 4. The molecule has 0 N–H and O–H groups in total. The summed E-state index contributed by atoms with van der Waals surface area (Å²) < 4.78 is 5.45. The summed E-state index contributed by atoms with van der Waals surface area (Å²) in [4.78, 5) is 22.2. The molecule has 0 bridgehead atoms. The van der Waals surface area contributed by atoms with Crippen LogP contribution in [0.4, 0.5) is 0 Å². The molecule has 5 nitrogen and oxygen atoms in total. The fourth-order valence-corrected chi connectivity index (χ4v) is 5.37. The number of likely N-dealkylation sites (N-methyl/N-ethyl adjacent to an activating group) is 1. The van der Waals surface area contributed by atoms with Gasteiger partial charge >= 0.3 is 0 Å². The molecular weight excluding hydrogens is 446 g/mol. The fraction of sp³-hybridized carbons (Fsp3) is 0.419. The Balaban J connectivity index is 1.41. The van der Waals surface area contributed by atoms with E-state index in [9.17, 15) is 4.79 Å². The summed E-state index contributed by atoms with van der Waals surface area (Å²) in [5.41, 5.74) is 3.11. The Morgan fingerprint density at radius 2 is 1.81 bits per heavy atom. The number of likely N-dealkylation sites (tertiary alicyclic amines) is 1. The van der Waals surface area contributed by atoms with Crippen molar-refractivity contribution in [1.82, 2.24) is 14.8 Å². The van der Waals surface area contributed by atoms with Crippen molar-refractivity contribution in [3.8, 4) is 5.75 Å². The van der Waals surface area contributed by atoms with Gasteiger partial charge in [0.05, 0.1) is 7.11 Å². The van der Waals surface area contributed by atoms with Gasteiger partial charge in [-0.15, -0.1) is 0 Å². The summed E-state index contributed by atoms with van der Waals surface area (Å²) in [7, 11) is 3.64. The highest BCUT2D eigenvalue weighted by molar-refractivity contribution is 5.92. The van der Waals surface area contributed by atoms with Gasteiger partial charge in [-0.2, -0.15) is 0 Å². The topological polar surface area (TPSA) is 45.7 Å². The summed E-state index contributed by atoms with van der Waals surface area (Å²) >= 11 is 0. The van der Waals surface area contributed by atoms with Crippen LogP contribution < -0.4 is 4.74 Å². The van der Waals surface area contributed by atoms with E-state index in [1.165, 1.54) is 17.5 Å². The molecule has 2 aromatic carbocycles. The highest BCUT2D eigenvalue weighted by Gasteiger charge is 2.32. The van der Waals surface area contributed by atoms with Crippen molar-refractivity contribution < 1.29 is 9.53 Å². The number of methoxy groups -OCH3 is 1. The van der Waals surface area contributed by atoms with E-state index >= 15 is 0 Å². The Morgan fingerprint density at radius 3 is 2.50 bits per heavy atom. The number of pyridine rings is 1. The summed E-state index contributed by atoms with van der Waals surface area (Å²) in [6.07, 6.45) is 5.84. The molecule has 1 aliphatic heterocycles. The molecule has 1 aliphatic rings. The van der Waals surface area contributed by atoms with E-state index in [0.29, 0.717) is 17.5 Å². The molecule has 1 aromatic heterocycles. The minimum absolute atomic E-state index is 0.0115. The Kier molecular flexibility index (Phi) is 9.12. The molecule has 2 atom stereocenters. The number of ether oxygens (including phenoxy) is 1. The van der Waals surface area contributed by atoms with E-state index in [1.54, 1.807) is 19.4 Å². The Labute approximate surface area is 216 Å². The lowest BCUT2D eigenvalue weighted by molar-refractivity contribution is 0.0583. The van der Waals surface area contributed by atoms with Crippen molar-refractivity contribution in [3.05, 3.63) is 95.8 Å². The van der Waals surface area contributed by atoms with E-state index in [0.717, 1.165) is 44.6 Å². The molecule has 5 heteroatoms. The van der Waals surface area contributed by atoms with Gasteiger partial charge in [0.15, 0.2) is 0 Å². The lowest BCUT2D eigenvalue weighted by Gasteiger charge is -2.40. The molecule has 1 amide bonds. The minimum Gasteiger partial charge on any atom is -0.497 e. The van der Waals surface area contributed by atoms with Gasteiger partial charge in [0, 0.05) is 19.3 Å². The van der Waals surface area contributed by atoms with E-state index < -0.39 is 0 Å². The van der Waals surface area contributed by atoms with E-state index in [2.05, 4.69) is 59.3 Å². The molecule has 2 unspecified atom stereocenters. The minimum atomic E-state index is -0.0115. The Hall–Kier alpha value is -3.18. The number of carbonyl (C=O) groups excluding carboxylic acids is 1. The maximum absolute atomic E-state index is 13.3. The van der Waals surface area contributed by atoms with Gasteiger partial charge in [0.1, 0.15) is 11.4 Å². The quantitative estimate of drug-likeness (QED) is 0.371. The predicted molar refractivity (Wildman–Crippen MR) is 145 cm³/mol. The molecule has 36 heavy (non-hydrogen) atoms. The highest BCUT2D eigenvalue weighted by atomic mass is 16.5. The third kappa shape index (κ3) is 6.73. The number of carbonyl (C=O) groups is 1. The molecule has 0 spiro atoms. The van der Waals surface area contributed by atoms with Crippen molar-refractivity contribution in [1.29, 1.82) is 0 Å². The molecule has 4 rings (SSSR count). The zero-order valence-electron chi connectivity index (χ0n) is 21.8. The van der Waals surface area contributed by atoms with Crippen molar-refractivity contribution in [3.63, 3.8) is 0 Å². The van der Waals surface area contributed by atoms with Crippen molar-refractivity contribution in [2.75, 3.05) is 33.8 Å². The molecular formula is C31H39N3O2. The van der Waals surface area contributed by atoms with Gasteiger partial charge < -0.3 is 14.5 Å². The number of aromatic nitrogens is 1. The molecule has 3 aromatic rings. The van der Waals surface area contributed by atoms with E-state index in [1.807, 2.05) is 36.2 Å². The number of amides is 1. The second-order valence-electron chi connectivity index (χ2n) is 10.0. The molecule has 0 saturated carbocycles. The van der Waals surface area contributed by atoms with Crippen LogP contribution in [0.1, 0.15) is 53.7 Å². The average Bonchev–Trinajstić information content (AvgIpc) is 2.95. The van der Waals surface area contributed by atoms with Crippen LogP contribution in [0.2, 0.25) is 0 Å². The molecule has 0 radical (unpaired) electrons. The van der Waals surface area contributed by atoms with Crippen molar-refractivity contribution in [2.24, 2.45) is 5.92 Å². The number of hydrogen-bond donors (Lipinski definition) is 0. The lowest BCUT2D eigenvalue weighted by Crippen LogP contribution is -2.47. The third-order valence-corrected chi connectivity index (χ3v) is 7.70. The third-order valence-electron chi connectivity index (χ3n) is 7.70. The van der Waals surface area contributed by atoms with Crippen LogP contribution in [0.15, 0.2) is 79.0 Å². The first-order chi connectivity index (χ1) is 17.5. The fourth-order valence-electron chi connectivity index (χ4n) is 5.37. The number of nitrogens with zero attached hydrogens (tertiary/aromatic N) is 3. The predicted octanol–water partition coefficient (Wildman–Crippen LogP) is 5.68. The standard InChI is InChI=1S/C31H39N3O2/c1-24(26-11-5-4-6-12-26)15-19-34-20-16-27(17-21-34)30(23-25-10-9-13-28(22-25)36-3)33(2)31(35)29-14-7-8-18-32-29/h4-14,18,22,24,27,30H,15-17,19-21,23H2,1-3H3. The summed E-state index contributed by atoms with van der Waals surface area (Å²) in [6, 6.07) is 24.7. The van der Waals surface area contributed by atoms with E-state index in [4.69, 9.17) is 4.74 Å². The molecule has 2 heterocycles. The zero-order valence-corrected chi connectivity index (χ0v) is 21.8. The van der Waals surface area contributed by atoms with Crippen LogP contribution in [-0.2, 0) is 6.42 Å². The second-order valence-corrected chi connectivity index (χ2v) is 10.0. The number of benzene rings is 2. The Morgan fingerprint density at radius 1 is 1.06 bits per heavy atom. The normalized spacial score (nSPS) is 16.3. The van der Waals surface area contributed by atoms with Crippen LogP contribution in [-0.4, -0.2) is 60.5 Å². The molecule has 0 aliphatic carbocycles. The highest BCUT2D eigenvalue weighted by Crippen LogP contribution is 2.29. The summed E-state index contributed by atoms with van der Waals surface area (Å²) in [5.74, 6) is 1.85. The summed E-state index contributed by atoms with van der Waals surface area (Å²) in [6.45, 7) is 5.59. The first-order valence-corrected chi connectivity index (χ1v) is 13.1. The van der Waals surface area contributed by atoms with Gasteiger partial charge in [-0.25, -0.2) is 0 Å². The largest absolute Gasteiger partial charge is 0.497 e. The van der Waals surface area contributed by atoms with Crippen LogP contribution in [0, 0.1) is 5.92 Å². The maximum Gasteiger partial charge on any atom is 0.272 e. The van der Waals surface area contributed by atoms with Crippen LogP contribution in [0.5, 0.6) is 5.75 Å². The molecule has 1 saturated heterocycles. The lowest BCUT2D eigenvalue weighted by atomic mass is 9.84. The van der Waals surface area contributed by atoms with Gasteiger partial charge in [-0.05, 0) is 92.5 Å². The monoisotopic (exact) mass is 485 g/mol. The van der Waals surface area contributed by atoms with Crippen LogP contribution in [0.25, 0.3) is 0 Å². The second kappa shape index (κ2) is 12.7. The first kappa shape index (κ1) is 25.9. The SMILES string of the molecule is COc1cccc(CC(C2CCN(CCC(C)c3ccccc3)CC2)N(C)C(=O)c2ccccn2)c1. The van der Waals surface area contributed by atoms with Crippen molar-refractivity contribution >= 4 is 5.91 Å². The average molecular weight is 486 g/mol. The van der Waals surface area contributed by atoms with Crippen LogP contribution >= 0.6 is 0 Å². The molecule has 190 valence electrons. The van der Waals surface area contributed by atoms with Gasteiger partial charge in [0.25, 0.3) is 5.91 Å². The summed E-state index contributed by atoms with van der Waals surface area (Å²) in [5, 5.41) is 0. The van der Waals surface area contributed by atoms with Crippen molar-refractivity contribution in [2.45, 2.75) is 44.6 Å². The zero-order chi connectivity index (χ0) is 25.3. The number of piperidine rings is 1. The first-order valence-electron chi connectivity index (χ1n) is 13.1. The van der Waals surface area contributed by atoms with Gasteiger partial charge in [-0.3, -0.25) is 9.78 Å². The number of rotatable bonds is 10. The molecule has 1 fully saturated rings. The Bertz CT molecular complexity index is 1080. The van der Waals surface area contributed by atoms with E-state index in [-0.39, 0.29) is 11.9 Å². The van der Waals surface area contributed by atoms with Gasteiger partial charge in [0.2, 0.25) is 0 Å². The maximum atomic E-state index is 13.3. The van der Waals surface area contributed by atoms with Crippen LogP contribution in [0.3, 0.4) is 0 Å². The van der Waals surface area contributed by atoms with Gasteiger partial charge in [-0.1, -0.05) is 55.5 Å².